The lowest BCUT2D eigenvalue weighted by molar-refractivity contribution is 0.609. The summed E-state index contributed by atoms with van der Waals surface area (Å²) in [7, 11) is 1.81. The van der Waals surface area contributed by atoms with Gasteiger partial charge in [-0.1, -0.05) is 39.0 Å². The molecule has 0 aliphatic carbocycles. The van der Waals surface area contributed by atoms with Gasteiger partial charge >= 0.3 is 0 Å². The zero-order valence-corrected chi connectivity index (χ0v) is 21.8. The standard InChI is InChI=1S/C26H25IS3/c1-2-3-4-5-6-7-8-23-13-21-11-17-9-20-15-25-22(16-26(29-25)30-27)12-18(20)10-19(17)14-24(21)28-23/h9-16H,2-8H2,1H3. The van der Waals surface area contributed by atoms with Crippen LogP contribution in [0.25, 0.3) is 41.7 Å². The molecule has 4 heteroatoms. The number of rotatable bonds is 8. The second kappa shape index (κ2) is 9.35. The first kappa shape index (κ1) is 21.0. The Kier molecular flexibility index (Phi) is 6.56. The van der Waals surface area contributed by atoms with Crippen molar-refractivity contribution in [3.8, 4) is 0 Å². The number of hydrogen-bond donors (Lipinski definition) is 0. The molecule has 0 nitrogen and oxygen atoms in total. The minimum absolute atomic E-state index is 1.23. The van der Waals surface area contributed by atoms with Crippen molar-refractivity contribution in [3.63, 3.8) is 0 Å². The van der Waals surface area contributed by atoms with Crippen molar-refractivity contribution in [3.05, 3.63) is 53.4 Å². The van der Waals surface area contributed by atoms with Gasteiger partial charge in [-0.15, -0.1) is 22.7 Å². The molecular weight excluding hydrogens is 535 g/mol. The van der Waals surface area contributed by atoms with E-state index in [0.29, 0.717) is 0 Å². The molecule has 0 aliphatic rings. The molecule has 0 bridgehead atoms. The maximum Gasteiger partial charge on any atom is 0.0714 e. The van der Waals surface area contributed by atoms with Crippen molar-refractivity contribution < 1.29 is 0 Å². The van der Waals surface area contributed by atoms with Crippen molar-refractivity contribution >= 4 is 94.5 Å². The van der Waals surface area contributed by atoms with Crippen molar-refractivity contribution in [1.29, 1.82) is 0 Å². The van der Waals surface area contributed by atoms with E-state index in [-0.39, 0.29) is 0 Å². The lowest BCUT2D eigenvalue weighted by Gasteiger charge is -2.04. The summed E-state index contributed by atoms with van der Waals surface area (Å²) in [6.07, 6.45) is 9.44. The van der Waals surface area contributed by atoms with Gasteiger partial charge < -0.3 is 0 Å². The van der Waals surface area contributed by atoms with Gasteiger partial charge in [-0.05, 0) is 103 Å². The van der Waals surface area contributed by atoms with Gasteiger partial charge in [-0.3, -0.25) is 0 Å². The third-order valence-corrected chi connectivity index (χ3v) is 11.1. The Balaban J connectivity index is 1.44. The molecule has 3 aromatic carbocycles. The Morgan fingerprint density at radius 3 is 1.90 bits per heavy atom. The molecule has 0 spiro atoms. The van der Waals surface area contributed by atoms with Gasteiger partial charge in [0.2, 0.25) is 0 Å². The summed E-state index contributed by atoms with van der Waals surface area (Å²) in [6.45, 7) is 2.29. The third kappa shape index (κ3) is 4.38. The monoisotopic (exact) mass is 560 g/mol. The summed E-state index contributed by atoms with van der Waals surface area (Å²) in [5, 5.41) is 8.20. The van der Waals surface area contributed by atoms with E-state index in [1.54, 1.807) is 4.88 Å². The quantitative estimate of drug-likeness (QED) is 0.103. The SMILES string of the molecule is CCCCCCCCc1cc2cc3cc4cc5sc(SI)cc5cc4cc3cc2s1. The van der Waals surface area contributed by atoms with Gasteiger partial charge in [-0.25, -0.2) is 0 Å². The first-order valence-electron chi connectivity index (χ1n) is 10.9. The van der Waals surface area contributed by atoms with E-state index in [1.165, 1.54) is 90.9 Å². The second-order valence-electron chi connectivity index (χ2n) is 8.20. The van der Waals surface area contributed by atoms with Crippen LogP contribution in [0.4, 0.5) is 0 Å². The van der Waals surface area contributed by atoms with Crippen LogP contribution in [0.1, 0.15) is 50.3 Å². The van der Waals surface area contributed by atoms with Crippen molar-refractivity contribution in [2.75, 3.05) is 0 Å². The maximum absolute atomic E-state index is 2.43. The molecular formula is C26H25IS3. The fourth-order valence-electron chi connectivity index (χ4n) is 4.35. The molecule has 154 valence electrons. The van der Waals surface area contributed by atoms with Gasteiger partial charge in [0, 0.05) is 35.5 Å². The highest BCUT2D eigenvalue weighted by molar-refractivity contribution is 14.2. The first-order chi connectivity index (χ1) is 14.7. The Morgan fingerprint density at radius 1 is 0.633 bits per heavy atom. The Labute approximate surface area is 202 Å². The molecule has 0 aliphatic heterocycles. The fourth-order valence-corrected chi connectivity index (χ4v) is 8.06. The minimum Gasteiger partial charge on any atom is -0.140 e. The van der Waals surface area contributed by atoms with Gasteiger partial charge in [0.25, 0.3) is 0 Å². The zero-order valence-electron chi connectivity index (χ0n) is 17.2. The highest BCUT2D eigenvalue weighted by Gasteiger charge is 2.08. The van der Waals surface area contributed by atoms with Crippen LogP contribution in [0.5, 0.6) is 0 Å². The number of hydrogen-bond acceptors (Lipinski definition) is 3. The number of thiophene rings is 2. The summed E-state index contributed by atoms with van der Waals surface area (Å²) in [5.41, 5.74) is 0. The highest BCUT2D eigenvalue weighted by Crippen LogP contribution is 2.39. The number of fused-ring (bicyclic) bond motifs is 4. The van der Waals surface area contributed by atoms with E-state index in [0.717, 1.165) is 0 Å². The first-order valence-corrected chi connectivity index (χ1v) is 15.8. The second-order valence-corrected chi connectivity index (χ2v) is 12.6. The average Bonchev–Trinajstić information content (AvgIpc) is 3.33. The van der Waals surface area contributed by atoms with Crippen LogP contribution < -0.4 is 0 Å². The van der Waals surface area contributed by atoms with Gasteiger partial charge in [-0.2, -0.15) is 0 Å². The van der Waals surface area contributed by atoms with E-state index in [1.807, 2.05) is 31.6 Å². The van der Waals surface area contributed by atoms with E-state index in [4.69, 9.17) is 0 Å². The zero-order chi connectivity index (χ0) is 20.5. The van der Waals surface area contributed by atoms with E-state index < -0.39 is 0 Å². The Morgan fingerprint density at radius 2 is 1.20 bits per heavy atom. The molecule has 0 unspecified atom stereocenters. The number of aryl methyl sites for hydroxylation is 1. The van der Waals surface area contributed by atoms with Crippen molar-refractivity contribution in [2.45, 2.75) is 56.1 Å². The van der Waals surface area contributed by atoms with Gasteiger partial charge in [0.15, 0.2) is 0 Å². The molecule has 2 aromatic heterocycles. The minimum atomic E-state index is 1.23. The Hall–Kier alpha value is -0.820. The molecule has 5 aromatic rings. The molecule has 0 amide bonds. The van der Waals surface area contributed by atoms with Crippen molar-refractivity contribution in [1.82, 2.24) is 0 Å². The topological polar surface area (TPSA) is 0 Å². The van der Waals surface area contributed by atoms with E-state index in [2.05, 4.69) is 76.7 Å². The molecule has 0 atom stereocenters. The van der Waals surface area contributed by atoms with Crippen LogP contribution in [-0.2, 0) is 6.42 Å². The average molecular weight is 561 g/mol. The summed E-state index contributed by atoms with van der Waals surface area (Å²) in [5.74, 6) is 0. The molecule has 0 N–H and O–H groups in total. The lowest BCUT2D eigenvalue weighted by Crippen LogP contribution is -1.82. The van der Waals surface area contributed by atoms with Gasteiger partial charge in [0.05, 0.1) is 4.21 Å². The van der Waals surface area contributed by atoms with Crippen LogP contribution in [0.3, 0.4) is 0 Å². The molecule has 30 heavy (non-hydrogen) atoms. The predicted molar refractivity (Wildman–Crippen MR) is 149 cm³/mol. The summed E-state index contributed by atoms with van der Waals surface area (Å²) < 4.78 is 4.20. The van der Waals surface area contributed by atoms with Crippen LogP contribution in [0.15, 0.2) is 52.7 Å². The molecule has 0 saturated carbocycles. The lowest BCUT2D eigenvalue weighted by atomic mass is 10.0. The number of halogens is 1. The van der Waals surface area contributed by atoms with Crippen LogP contribution in [0.2, 0.25) is 0 Å². The maximum atomic E-state index is 2.43. The van der Waals surface area contributed by atoms with Crippen LogP contribution in [0, 0.1) is 0 Å². The smallest absolute Gasteiger partial charge is 0.0714 e. The molecule has 0 fully saturated rings. The number of benzene rings is 3. The molecule has 0 radical (unpaired) electrons. The summed E-state index contributed by atoms with van der Waals surface area (Å²) in [4.78, 5) is 1.55. The summed E-state index contributed by atoms with van der Waals surface area (Å²) >= 11 is 6.26. The predicted octanol–water partition coefficient (Wildman–Crippen LogP) is 10.8. The van der Waals surface area contributed by atoms with Crippen LogP contribution >= 0.6 is 52.8 Å². The molecule has 2 heterocycles. The largest absolute Gasteiger partial charge is 0.140 e. The summed E-state index contributed by atoms with van der Waals surface area (Å²) in [6, 6.07) is 19.0. The Bertz CT molecular complexity index is 1240. The fraction of sp³-hybridized carbons (Fsp3) is 0.308. The molecule has 0 saturated heterocycles. The van der Waals surface area contributed by atoms with E-state index >= 15 is 0 Å². The van der Waals surface area contributed by atoms with E-state index in [9.17, 15) is 0 Å². The molecule has 5 rings (SSSR count). The van der Waals surface area contributed by atoms with Crippen LogP contribution in [-0.4, -0.2) is 0 Å². The number of unbranched alkanes of at least 4 members (excludes halogenated alkanes) is 5. The normalized spacial score (nSPS) is 12.1. The van der Waals surface area contributed by atoms with Gasteiger partial charge in [0.1, 0.15) is 0 Å². The highest BCUT2D eigenvalue weighted by atomic mass is 127. The third-order valence-electron chi connectivity index (χ3n) is 5.95. The van der Waals surface area contributed by atoms with Crippen molar-refractivity contribution in [2.24, 2.45) is 0 Å².